The van der Waals surface area contributed by atoms with E-state index in [-0.39, 0.29) is 17.8 Å². The maximum Gasteiger partial charge on any atom is 0.410 e. The van der Waals surface area contributed by atoms with Crippen LogP contribution in [0.1, 0.15) is 88.3 Å². The fraction of sp³-hybridized carbons (Fsp3) is 0.568. The third kappa shape index (κ3) is 7.32. The number of nitrogens with zero attached hydrogens (tertiary/aromatic N) is 3. The molecule has 3 heterocycles. The van der Waals surface area contributed by atoms with Gasteiger partial charge in [-0.3, -0.25) is 9.69 Å². The number of aromatic nitrogens is 1. The summed E-state index contributed by atoms with van der Waals surface area (Å²) in [7, 11) is 0. The van der Waals surface area contributed by atoms with E-state index in [1.165, 1.54) is 43.1 Å². The molecule has 6 rings (SSSR count). The normalized spacial score (nSPS) is 18.2. The lowest BCUT2D eigenvalue weighted by Crippen LogP contribution is -2.47. The molecule has 0 bridgehead atoms. The second-order valence-corrected chi connectivity index (χ2v) is 14.1. The van der Waals surface area contributed by atoms with Crippen LogP contribution in [0.3, 0.4) is 0 Å². The predicted octanol–water partition coefficient (Wildman–Crippen LogP) is 7.03. The number of pyridine rings is 1. The van der Waals surface area contributed by atoms with Gasteiger partial charge in [0.1, 0.15) is 19.3 Å². The van der Waals surface area contributed by atoms with Crippen LogP contribution in [0.4, 0.5) is 4.79 Å². The molecule has 3 aromatic rings. The lowest BCUT2D eigenvalue weighted by molar-refractivity contribution is 0.00901. The summed E-state index contributed by atoms with van der Waals surface area (Å²) in [4.78, 5) is 30.9. The highest BCUT2D eigenvalue weighted by Crippen LogP contribution is 2.35. The number of fused-ring (bicyclic) bond motifs is 2. The Morgan fingerprint density at radius 3 is 2.38 bits per heavy atom. The van der Waals surface area contributed by atoms with Gasteiger partial charge < -0.3 is 23.7 Å². The maximum atomic E-state index is 13.5. The number of carbonyl (C=O) groups excluding carboxylic acids is 1. The lowest BCUT2D eigenvalue weighted by atomic mass is 9.83. The molecule has 1 amide bonds. The Kier molecular flexibility index (Phi) is 9.41. The largest absolute Gasteiger partial charge is 0.486 e. The Balaban J connectivity index is 1.06. The van der Waals surface area contributed by atoms with Crippen molar-refractivity contribution in [2.45, 2.75) is 103 Å². The quantitative estimate of drug-likeness (QED) is 0.284. The van der Waals surface area contributed by atoms with E-state index < -0.39 is 5.54 Å². The third-order valence-electron chi connectivity index (χ3n) is 9.84. The van der Waals surface area contributed by atoms with Crippen molar-refractivity contribution in [1.29, 1.82) is 0 Å². The van der Waals surface area contributed by atoms with Gasteiger partial charge in [-0.2, -0.15) is 0 Å². The fourth-order valence-electron chi connectivity index (χ4n) is 7.13. The zero-order valence-electron chi connectivity index (χ0n) is 27.5. The average molecular weight is 616 g/mol. The van der Waals surface area contributed by atoms with Gasteiger partial charge in [-0.15, -0.1) is 0 Å². The zero-order chi connectivity index (χ0) is 31.6. The standard InChI is InChI=1S/C37H49N3O5/c1-26-22-35(41)39(32-24-29(11-12-31(26)32)28-8-6-5-7-9-28)19-18-38-16-14-30(15-17-38)45-36(42)40(37(2,3)4)25-27-10-13-33-34(23-27)44-21-20-43-33/h10-13,22-24,28,30H,5-9,14-21,25H2,1-4H3. The maximum absolute atomic E-state index is 13.5. The van der Waals surface area contributed by atoms with Crippen molar-refractivity contribution < 1.29 is 19.0 Å². The minimum atomic E-state index is -0.411. The monoisotopic (exact) mass is 615 g/mol. The summed E-state index contributed by atoms with van der Waals surface area (Å²) in [6.45, 7) is 12.8. The first-order valence-corrected chi connectivity index (χ1v) is 16.9. The number of hydrogen-bond acceptors (Lipinski definition) is 6. The Hall–Kier alpha value is -3.52. The predicted molar refractivity (Wildman–Crippen MR) is 177 cm³/mol. The molecule has 8 nitrogen and oxygen atoms in total. The van der Waals surface area contributed by atoms with Crippen LogP contribution >= 0.6 is 0 Å². The molecule has 2 aromatic carbocycles. The number of hydrogen-bond donors (Lipinski definition) is 0. The number of rotatable bonds is 7. The van der Waals surface area contributed by atoms with Crippen molar-refractivity contribution in [3.8, 4) is 11.5 Å². The number of benzene rings is 2. The topological polar surface area (TPSA) is 73.2 Å². The summed E-state index contributed by atoms with van der Waals surface area (Å²) in [5, 5.41) is 1.17. The van der Waals surface area contributed by atoms with Gasteiger partial charge in [0.2, 0.25) is 0 Å². The first-order valence-electron chi connectivity index (χ1n) is 16.9. The molecule has 0 N–H and O–H groups in total. The van der Waals surface area contributed by atoms with E-state index in [0.717, 1.165) is 60.6 Å². The van der Waals surface area contributed by atoms with E-state index in [9.17, 15) is 9.59 Å². The molecular formula is C37H49N3O5. The number of amides is 1. The first kappa shape index (κ1) is 31.5. The van der Waals surface area contributed by atoms with Crippen molar-refractivity contribution in [3.05, 3.63) is 69.5 Å². The Morgan fingerprint density at radius 2 is 1.64 bits per heavy atom. The molecule has 0 unspecified atom stereocenters. The Morgan fingerprint density at radius 1 is 0.911 bits per heavy atom. The van der Waals surface area contributed by atoms with Crippen LogP contribution in [0.15, 0.2) is 47.3 Å². The Labute approximate surface area is 267 Å². The van der Waals surface area contributed by atoms with Crippen LogP contribution in [0.25, 0.3) is 10.9 Å². The van der Waals surface area contributed by atoms with Crippen molar-refractivity contribution in [2.75, 3.05) is 32.8 Å². The lowest BCUT2D eigenvalue weighted by Gasteiger charge is -2.38. The zero-order valence-corrected chi connectivity index (χ0v) is 27.5. The van der Waals surface area contributed by atoms with Gasteiger partial charge in [-0.05, 0) is 94.2 Å². The smallest absolute Gasteiger partial charge is 0.410 e. The molecule has 1 aromatic heterocycles. The van der Waals surface area contributed by atoms with Crippen LogP contribution in [0.5, 0.6) is 11.5 Å². The van der Waals surface area contributed by atoms with Crippen LogP contribution in [-0.2, 0) is 17.8 Å². The van der Waals surface area contributed by atoms with E-state index >= 15 is 0 Å². The molecular weight excluding hydrogens is 566 g/mol. The molecule has 1 saturated heterocycles. The van der Waals surface area contributed by atoms with Crippen molar-refractivity contribution in [2.24, 2.45) is 0 Å². The molecule has 2 fully saturated rings. The highest BCUT2D eigenvalue weighted by molar-refractivity contribution is 5.83. The van der Waals surface area contributed by atoms with Crippen LogP contribution in [0, 0.1) is 6.92 Å². The molecule has 45 heavy (non-hydrogen) atoms. The average Bonchev–Trinajstić information content (AvgIpc) is 3.03. The summed E-state index contributed by atoms with van der Waals surface area (Å²) < 4.78 is 19.5. The van der Waals surface area contributed by atoms with Gasteiger partial charge in [0.05, 0.1) is 5.52 Å². The molecule has 2 aliphatic heterocycles. The van der Waals surface area contributed by atoms with Gasteiger partial charge in [0.15, 0.2) is 11.5 Å². The fourth-order valence-corrected chi connectivity index (χ4v) is 7.13. The summed E-state index contributed by atoms with van der Waals surface area (Å²) in [5.74, 6) is 2.06. The number of carbonyl (C=O) groups is 1. The van der Waals surface area contributed by atoms with E-state index in [1.54, 1.807) is 11.0 Å². The molecule has 0 radical (unpaired) electrons. The summed E-state index contributed by atoms with van der Waals surface area (Å²) >= 11 is 0. The SMILES string of the molecule is Cc1cc(=O)n(CCN2CCC(OC(=O)N(Cc3ccc4c(c3)OCCO4)C(C)(C)C)CC2)c2cc(C3CCCCC3)ccc12. The highest BCUT2D eigenvalue weighted by Gasteiger charge is 2.31. The van der Waals surface area contributed by atoms with Crippen LogP contribution in [0.2, 0.25) is 0 Å². The van der Waals surface area contributed by atoms with Crippen LogP contribution < -0.4 is 15.0 Å². The molecule has 1 saturated carbocycles. The first-order chi connectivity index (χ1) is 21.7. The molecule has 8 heteroatoms. The van der Waals surface area contributed by atoms with Crippen molar-refractivity contribution in [3.63, 3.8) is 0 Å². The van der Waals surface area contributed by atoms with Crippen LogP contribution in [-0.4, -0.2) is 65.0 Å². The molecule has 0 spiro atoms. The van der Waals surface area contributed by atoms with Gasteiger partial charge >= 0.3 is 6.09 Å². The van der Waals surface area contributed by atoms with Gasteiger partial charge in [-0.25, -0.2) is 4.79 Å². The van der Waals surface area contributed by atoms with E-state index in [0.29, 0.717) is 32.2 Å². The summed E-state index contributed by atoms with van der Waals surface area (Å²) in [5.41, 5.74) is 4.12. The second-order valence-electron chi connectivity index (χ2n) is 14.1. The highest BCUT2D eigenvalue weighted by atomic mass is 16.6. The van der Waals surface area contributed by atoms with Crippen molar-refractivity contribution >= 4 is 17.0 Å². The Bertz CT molecular complexity index is 1560. The minimum Gasteiger partial charge on any atom is -0.486 e. The third-order valence-corrected chi connectivity index (χ3v) is 9.84. The number of aryl methyl sites for hydroxylation is 1. The number of likely N-dealkylation sites (tertiary alicyclic amines) is 1. The van der Waals surface area contributed by atoms with E-state index in [4.69, 9.17) is 14.2 Å². The number of ether oxygens (including phenoxy) is 3. The molecule has 1 aliphatic carbocycles. The van der Waals surface area contributed by atoms with E-state index in [1.807, 2.05) is 50.5 Å². The van der Waals surface area contributed by atoms with Crippen molar-refractivity contribution in [1.82, 2.24) is 14.4 Å². The molecule has 0 atom stereocenters. The van der Waals surface area contributed by atoms with Gasteiger partial charge in [0, 0.05) is 49.7 Å². The van der Waals surface area contributed by atoms with E-state index in [2.05, 4.69) is 23.1 Å². The number of piperidine rings is 1. The van der Waals surface area contributed by atoms with Gasteiger partial charge in [0.25, 0.3) is 5.56 Å². The molecule has 3 aliphatic rings. The molecule has 242 valence electrons. The summed E-state index contributed by atoms with van der Waals surface area (Å²) in [6.07, 6.45) is 7.56. The second kappa shape index (κ2) is 13.5. The van der Waals surface area contributed by atoms with Gasteiger partial charge in [-0.1, -0.05) is 37.5 Å². The minimum absolute atomic E-state index is 0.0740. The summed E-state index contributed by atoms with van der Waals surface area (Å²) in [6, 6.07) is 14.4.